The number of rotatable bonds is 5. The van der Waals surface area contributed by atoms with Gasteiger partial charge < -0.3 is 10.1 Å². The van der Waals surface area contributed by atoms with E-state index in [4.69, 9.17) is 4.74 Å². The second kappa shape index (κ2) is 6.78. The minimum absolute atomic E-state index is 0.0295. The molecule has 0 aromatic heterocycles. The van der Waals surface area contributed by atoms with E-state index >= 15 is 0 Å². The van der Waals surface area contributed by atoms with Crippen molar-refractivity contribution in [2.75, 3.05) is 6.61 Å². The predicted octanol–water partition coefficient (Wildman–Crippen LogP) is 1.72. The van der Waals surface area contributed by atoms with E-state index in [1.165, 1.54) is 13.8 Å². The first-order valence-electron chi connectivity index (χ1n) is 6.20. The number of amides is 1. The quantitative estimate of drug-likeness (QED) is 0.507. The zero-order valence-electron chi connectivity index (χ0n) is 11.8. The summed E-state index contributed by atoms with van der Waals surface area (Å²) in [5, 5.41) is 13.0. The van der Waals surface area contributed by atoms with E-state index in [2.05, 4.69) is 5.32 Å². The van der Waals surface area contributed by atoms with Crippen LogP contribution >= 0.6 is 0 Å². The summed E-state index contributed by atoms with van der Waals surface area (Å²) in [6, 6.07) is 0.868. The van der Waals surface area contributed by atoms with Gasteiger partial charge in [0, 0.05) is 12.1 Å². The maximum absolute atomic E-state index is 13.9. The number of carbonyl (C=O) groups is 2. The molecule has 114 valence electrons. The topological polar surface area (TPSA) is 98.5 Å². The molecule has 21 heavy (non-hydrogen) atoms. The Morgan fingerprint density at radius 1 is 1.48 bits per heavy atom. The van der Waals surface area contributed by atoms with Gasteiger partial charge in [-0.1, -0.05) is 0 Å². The van der Waals surface area contributed by atoms with Gasteiger partial charge in [0.25, 0.3) is 11.6 Å². The van der Waals surface area contributed by atoms with Crippen LogP contribution in [0.15, 0.2) is 12.1 Å². The Bertz CT molecular complexity index is 588. The summed E-state index contributed by atoms with van der Waals surface area (Å²) in [6.07, 6.45) is 0. The van der Waals surface area contributed by atoms with Crippen LogP contribution in [0, 0.1) is 22.9 Å². The summed E-state index contributed by atoms with van der Waals surface area (Å²) in [5.74, 6) is -2.46. The van der Waals surface area contributed by atoms with Gasteiger partial charge in [0.1, 0.15) is 11.9 Å². The van der Waals surface area contributed by atoms with Crippen molar-refractivity contribution in [3.63, 3.8) is 0 Å². The van der Waals surface area contributed by atoms with E-state index in [1.807, 2.05) is 0 Å². The van der Waals surface area contributed by atoms with Gasteiger partial charge in [-0.05, 0) is 26.3 Å². The number of nitrogens with zero attached hydrogens (tertiary/aromatic N) is 1. The molecule has 1 aromatic carbocycles. The van der Waals surface area contributed by atoms with Crippen LogP contribution in [-0.4, -0.2) is 29.4 Å². The Morgan fingerprint density at radius 2 is 2.10 bits per heavy atom. The average molecular weight is 298 g/mol. The Balaban J connectivity index is 3.02. The zero-order chi connectivity index (χ0) is 16.2. The zero-order valence-corrected chi connectivity index (χ0v) is 11.8. The van der Waals surface area contributed by atoms with E-state index < -0.39 is 39.9 Å². The van der Waals surface area contributed by atoms with Crippen LogP contribution in [0.2, 0.25) is 0 Å². The number of nitrogens with one attached hydrogen (secondary N) is 1. The molecule has 1 unspecified atom stereocenters. The largest absolute Gasteiger partial charge is 0.464 e. The molecule has 1 atom stereocenters. The van der Waals surface area contributed by atoms with Crippen LogP contribution < -0.4 is 5.32 Å². The number of hydrogen-bond donors (Lipinski definition) is 1. The van der Waals surface area contributed by atoms with Crippen molar-refractivity contribution in [3.05, 3.63) is 39.2 Å². The maximum Gasteiger partial charge on any atom is 0.328 e. The minimum Gasteiger partial charge on any atom is -0.464 e. The lowest BCUT2D eigenvalue weighted by Gasteiger charge is -2.13. The fraction of sp³-hybridized carbons (Fsp3) is 0.385. The summed E-state index contributed by atoms with van der Waals surface area (Å²) in [7, 11) is 0. The Morgan fingerprint density at radius 3 is 2.62 bits per heavy atom. The maximum atomic E-state index is 13.9. The molecule has 0 heterocycles. The van der Waals surface area contributed by atoms with Crippen molar-refractivity contribution in [1.29, 1.82) is 0 Å². The molecule has 1 amide bonds. The van der Waals surface area contributed by atoms with Crippen molar-refractivity contribution in [2.24, 2.45) is 0 Å². The Hall–Kier alpha value is -2.51. The highest BCUT2D eigenvalue weighted by atomic mass is 19.1. The minimum atomic E-state index is -0.989. The summed E-state index contributed by atoms with van der Waals surface area (Å²) in [5.41, 5.74) is -0.918. The second-order valence-corrected chi connectivity index (χ2v) is 4.33. The summed E-state index contributed by atoms with van der Waals surface area (Å²) < 4.78 is 18.6. The van der Waals surface area contributed by atoms with Gasteiger partial charge in [-0.3, -0.25) is 14.9 Å². The van der Waals surface area contributed by atoms with Gasteiger partial charge in [0.05, 0.1) is 17.1 Å². The highest BCUT2D eigenvalue weighted by Gasteiger charge is 2.23. The van der Waals surface area contributed by atoms with Crippen LogP contribution in [0.3, 0.4) is 0 Å². The summed E-state index contributed by atoms with van der Waals surface area (Å²) >= 11 is 0. The van der Waals surface area contributed by atoms with Gasteiger partial charge in [-0.25, -0.2) is 9.18 Å². The van der Waals surface area contributed by atoms with Crippen molar-refractivity contribution < 1.29 is 23.6 Å². The first kappa shape index (κ1) is 16.5. The van der Waals surface area contributed by atoms with Gasteiger partial charge in [-0.2, -0.15) is 0 Å². The Kier molecular flexibility index (Phi) is 5.34. The third-order valence-corrected chi connectivity index (χ3v) is 2.68. The number of nitro groups is 1. The third kappa shape index (κ3) is 3.98. The number of nitro benzene ring substituents is 1. The van der Waals surface area contributed by atoms with E-state index in [9.17, 15) is 24.1 Å². The average Bonchev–Trinajstić information content (AvgIpc) is 2.41. The highest BCUT2D eigenvalue weighted by molar-refractivity contribution is 5.97. The molecule has 8 heteroatoms. The lowest BCUT2D eigenvalue weighted by Crippen LogP contribution is -2.40. The van der Waals surface area contributed by atoms with E-state index in [-0.39, 0.29) is 12.2 Å². The molecule has 1 aromatic rings. The van der Waals surface area contributed by atoms with Crippen LogP contribution in [0.1, 0.15) is 29.8 Å². The molecule has 7 nitrogen and oxygen atoms in total. The lowest BCUT2D eigenvalue weighted by molar-refractivity contribution is -0.385. The molecule has 0 aliphatic heterocycles. The number of halogens is 1. The summed E-state index contributed by atoms with van der Waals surface area (Å²) in [6.45, 7) is 4.44. The molecular formula is C13H15FN2O5. The van der Waals surface area contributed by atoms with Crippen LogP contribution in [-0.2, 0) is 9.53 Å². The molecule has 0 aliphatic rings. The molecule has 1 N–H and O–H groups in total. The number of aryl methyl sites for hydroxylation is 1. The lowest BCUT2D eigenvalue weighted by atomic mass is 10.1. The molecule has 0 bridgehead atoms. The van der Waals surface area contributed by atoms with Crippen LogP contribution in [0.4, 0.5) is 10.1 Å². The van der Waals surface area contributed by atoms with Crippen molar-refractivity contribution in [2.45, 2.75) is 26.8 Å². The van der Waals surface area contributed by atoms with Crippen LogP contribution in [0.25, 0.3) is 0 Å². The number of carbonyl (C=O) groups excluding carboxylic acids is 2. The monoisotopic (exact) mass is 298 g/mol. The molecule has 0 radical (unpaired) electrons. The number of ether oxygens (including phenoxy) is 1. The van der Waals surface area contributed by atoms with E-state index in [0.717, 1.165) is 12.1 Å². The number of hydrogen-bond acceptors (Lipinski definition) is 5. The molecule has 0 fully saturated rings. The van der Waals surface area contributed by atoms with Gasteiger partial charge in [0.15, 0.2) is 0 Å². The fourth-order valence-electron chi connectivity index (χ4n) is 1.62. The standard InChI is InChI=1S/C13H15FN2O5/c1-4-21-13(18)8(3)15-12(17)10-6-9(16(19)20)5-7(2)11(10)14/h5-6,8H,4H2,1-3H3,(H,15,17). The predicted molar refractivity (Wildman–Crippen MR) is 71.4 cm³/mol. The normalized spacial score (nSPS) is 11.6. The van der Waals surface area contributed by atoms with Gasteiger partial charge in [-0.15, -0.1) is 0 Å². The molecule has 1 rings (SSSR count). The molecule has 0 spiro atoms. The second-order valence-electron chi connectivity index (χ2n) is 4.33. The van der Waals surface area contributed by atoms with Crippen molar-refractivity contribution in [1.82, 2.24) is 5.32 Å². The molecular weight excluding hydrogens is 283 g/mol. The van der Waals surface area contributed by atoms with Crippen LogP contribution in [0.5, 0.6) is 0 Å². The third-order valence-electron chi connectivity index (χ3n) is 2.68. The fourth-order valence-corrected chi connectivity index (χ4v) is 1.62. The molecule has 0 aliphatic carbocycles. The number of non-ortho nitro benzene ring substituents is 1. The van der Waals surface area contributed by atoms with Gasteiger partial charge >= 0.3 is 5.97 Å². The smallest absolute Gasteiger partial charge is 0.328 e. The Labute approximate surface area is 120 Å². The highest BCUT2D eigenvalue weighted by Crippen LogP contribution is 2.21. The SMILES string of the molecule is CCOC(=O)C(C)NC(=O)c1cc([N+](=O)[O-])cc(C)c1F. The van der Waals surface area contributed by atoms with Gasteiger partial charge in [0.2, 0.25) is 0 Å². The molecule has 0 saturated carbocycles. The molecule has 0 saturated heterocycles. The number of esters is 1. The van der Waals surface area contributed by atoms with Crippen molar-refractivity contribution >= 4 is 17.6 Å². The van der Waals surface area contributed by atoms with E-state index in [1.54, 1.807) is 6.92 Å². The number of benzene rings is 1. The van der Waals surface area contributed by atoms with Crippen molar-refractivity contribution in [3.8, 4) is 0 Å². The summed E-state index contributed by atoms with van der Waals surface area (Å²) in [4.78, 5) is 33.3. The first-order chi connectivity index (χ1) is 9.77. The first-order valence-corrected chi connectivity index (χ1v) is 6.20. The van der Waals surface area contributed by atoms with E-state index in [0.29, 0.717) is 0 Å².